The number of carbonyl (C=O) groups excluding carboxylic acids is 3. The molecule has 4 heterocycles. The monoisotopic (exact) mass is 541 g/mol. The maximum atomic E-state index is 14.1. The second-order valence-electron chi connectivity index (χ2n) is 8.87. The van der Waals surface area contributed by atoms with Crippen molar-refractivity contribution in [3.63, 3.8) is 0 Å². The lowest BCUT2D eigenvalue weighted by Gasteiger charge is -2.31. The smallest absolute Gasteiger partial charge is 0.273 e. The summed E-state index contributed by atoms with van der Waals surface area (Å²) in [5.74, 6) is -0.318. The van der Waals surface area contributed by atoms with Crippen LogP contribution in [0.2, 0.25) is 0 Å². The third-order valence-electron chi connectivity index (χ3n) is 6.24. The largest absolute Gasteiger partial charge is 0.486 e. The van der Waals surface area contributed by atoms with Gasteiger partial charge in [0.05, 0.1) is 11.8 Å². The van der Waals surface area contributed by atoms with Crippen molar-refractivity contribution in [3.05, 3.63) is 52.4 Å². The lowest BCUT2D eigenvalue weighted by molar-refractivity contribution is -0.123. The zero-order valence-corrected chi connectivity index (χ0v) is 21.4. The van der Waals surface area contributed by atoms with Crippen molar-refractivity contribution in [2.45, 2.75) is 31.9 Å². The summed E-state index contributed by atoms with van der Waals surface area (Å²) in [5.41, 5.74) is 11.4. The highest BCUT2D eigenvalue weighted by Crippen LogP contribution is 2.39. The number of nitrogens with zero attached hydrogens (tertiary/aromatic N) is 2. The molecular weight excluding hydrogens is 514 g/mol. The van der Waals surface area contributed by atoms with Gasteiger partial charge in [-0.2, -0.15) is 4.37 Å². The molecule has 2 aromatic heterocycles. The Morgan fingerprint density at radius 3 is 2.61 bits per heavy atom. The number of furan rings is 1. The normalized spacial score (nSPS) is 17.1. The van der Waals surface area contributed by atoms with Gasteiger partial charge in [-0.3, -0.25) is 19.3 Å². The predicted molar refractivity (Wildman–Crippen MR) is 137 cm³/mol. The summed E-state index contributed by atoms with van der Waals surface area (Å²) in [4.78, 5) is 40.8. The zero-order chi connectivity index (χ0) is 26.8. The summed E-state index contributed by atoms with van der Waals surface area (Å²) in [7, 11) is 0. The Balaban J connectivity index is 1.59. The van der Waals surface area contributed by atoms with Crippen LogP contribution in [-0.2, 0) is 9.53 Å². The van der Waals surface area contributed by atoms with Crippen LogP contribution < -0.4 is 31.2 Å². The van der Waals surface area contributed by atoms with Crippen LogP contribution in [0.4, 0.5) is 11.4 Å². The standard InChI is InChI=1S/C25H27N5O7S/c1-13-4-6-17(37-13)21(24(32)28-12-15-3-2-8-34-15)30(14-5-7-16-18(11-14)36-10-9-35-16)25(33)22-19(26)20(23(27)31)29-38-22/h4-7,11,15,21H,2-3,8-10,12,26H2,1H3,(H2,27,31)(H,28,32)/t15-,21+/m0/s1. The summed E-state index contributed by atoms with van der Waals surface area (Å²) in [5, 5.41) is 2.90. The molecule has 3 aromatic rings. The molecule has 5 N–H and O–H groups in total. The Hall–Kier alpha value is -4.10. The molecule has 1 fully saturated rings. The first-order chi connectivity index (χ1) is 18.3. The van der Waals surface area contributed by atoms with Gasteiger partial charge in [0.1, 0.15) is 29.6 Å². The molecule has 2 aliphatic rings. The fraction of sp³-hybridized carbons (Fsp3) is 0.360. The first-order valence-corrected chi connectivity index (χ1v) is 12.8. The summed E-state index contributed by atoms with van der Waals surface area (Å²) in [6, 6.07) is 6.99. The van der Waals surface area contributed by atoms with Gasteiger partial charge in [0, 0.05) is 24.9 Å². The summed E-state index contributed by atoms with van der Waals surface area (Å²) in [6.07, 6.45) is 1.62. The molecular formula is C25H27N5O7S. The van der Waals surface area contributed by atoms with Gasteiger partial charge in [0.25, 0.3) is 17.7 Å². The molecule has 38 heavy (non-hydrogen) atoms. The number of primary amides is 1. The van der Waals surface area contributed by atoms with Gasteiger partial charge in [-0.05, 0) is 55.6 Å². The van der Waals surface area contributed by atoms with Crippen molar-refractivity contribution >= 4 is 40.6 Å². The second kappa shape index (κ2) is 10.7. The molecule has 0 radical (unpaired) electrons. The van der Waals surface area contributed by atoms with Crippen LogP contribution >= 0.6 is 11.5 Å². The molecule has 0 aliphatic carbocycles. The van der Waals surface area contributed by atoms with Crippen molar-refractivity contribution in [1.82, 2.24) is 9.69 Å². The fourth-order valence-corrected chi connectivity index (χ4v) is 5.14. The SMILES string of the molecule is Cc1ccc([C@H](C(=O)NC[C@@H]2CCCO2)N(C(=O)c2snc(C(N)=O)c2N)c2ccc3c(c2)OCCO3)o1. The topological polar surface area (TPSA) is 172 Å². The van der Waals surface area contributed by atoms with Gasteiger partial charge in [-0.15, -0.1) is 0 Å². The highest BCUT2D eigenvalue weighted by atomic mass is 32.1. The number of rotatable bonds is 8. The molecule has 200 valence electrons. The van der Waals surface area contributed by atoms with Crippen LogP contribution in [0.1, 0.15) is 50.6 Å². The maximum absolute atomic E-state index is 14.1. The van der Waals surface area contributed by atoms with Crippen molar-refractivity contribution < 1.29 is 33.0 Å². The minimum atomic E-state index is -1.24. The van der Waals surface area contributed by atoms with E-state index in [4.69, 9.17) is 30.1 Å². The third kappa shape index (κ3) is 5.02. The number of ether oxygens (including phenoxy) is 3. The lowest BCUT2D eigenvalue weighted by Crippen LogP contribution is -2.45. The van der Waals surface area contributed by atoms with Crippen molar-refractivity contribution in [2.24, 2.45) is 5.73 Å². The Morgan fingerprint density at radius 2 is 1.95 bits per heavy atom. The average molecular weight is 542 g/mol. The van der Waals surface area contributed by atoms with E-state index < -0.39 is 23.8 Å². The number of hydrogen-bond acceptors (Lipinski definition) is 10. The number of nitrogen functional groups attached to an aromatic ring is 1. The molecule has 2 atom stereocenters. The van der Waals surface area contributed by atoms with E-state index in [0.29, 0.717) is 42.8 Å². The van der Waals surface area contributed by atoms with Crippen LogP contribution in [0.5, 0.6) is 11.5 Å². The van der Waals surface area contributed by atoms with Crippen LogP contribution in [0, 0.1) is 6.92 Å². The summed E-state index contributed by atoms with van der Waals surface area (Å²) < 4.78 is 26.8. The molecule has 0 spiro atoms. The number of nitrogens with one attached hydrogen (secondary N) is 1. The van der Waals surface area contributed by atoms with E-state index in [1.54, 1.807) is 37.3 Å². The van der Waals surface area contributed by atoms with Crippen LogP contribution in [-0.4, -0.2) is 54.6 Å². The fourth-order valence-electron chi connectivity index (χ4n) is 4.39. The van der Waals surface area contributed by atoms with Crippen LogP contribution in [0.15, 0.2) is 34.7 Å². The highest BCUT2D eigenvalue weighted by Gasteiger charge is 2.38. The molecule has 0 bridgehead atoms. The first kappa shape index (κ1) is 25.5. The number of aromatic nitrogens is 1. The number of benzene rings is 1. The summed E-state index contributed by atoms with van der Waals surface area (Å²) in [6.45, 7) is 3.36. The quantitative estimate of drug-likeness (QED) is 0.386. The predicted octanol–water partition coefficient (Wildman–Crippen LogP) is 2.18. The van der Waals surface area contributed by atoms with E-state index >= 15 is 0 Å². The zero-order valence-electron chi connectivity index (χ0n) is 20.6. The van der Waals surface area contributed by atoms with E-state index in [1.165, 1.54) is 4.90 Å². The number of hydrogen-bond donors (Lipinski definition) is 3. The number of nitrogens with two attached hydrogens (primary N) is 2. The number of carbonyl (C=O) groups is 3. The Bertz CT molecular complexity index is 1360. The minimum Gasteiger partial charge on any atom is -0.486 e. The van der Waals surface area contributed by atoms with E-state index in [-0.39, 0.29) is 34.7 Å². The van der Waals surface area contributed by atoms with Gasteiger partial charge in [0.2, 0.25) is 0 Å². The van der Waals surface area contributed by atoms with E-state index in [2.05, 4.69) is 9.69 Å². The van der Waals surface area contributed by atoms with Crippen molar-refractivity contribution in [3.8, 4) is 11.5 Å². The number of fused-ring (bicyclic) bond motifs is 1. The first-order valence-electron chi connectivity index (χ1n) is 12.1. The van der Waals surface area contributed by atoms with E-state index in [9.17, 15) is 14.4 Å². The maximum Gasteiger partial charge on any atom is 0.273 e. The van der Waals surface area contributed by atoms with Gasteiger partial charge in [-0.1, -0.05) is 0 Å². The lowest BCUT2D eigenvalue weighted by atomic mass is 10.1. The number of amides is 3. The van der Waals surface area contributed by atoms with Crippen molar-refractivity contribution in [2.75, 3.05) is 37.0 Å². The Labute approximate surface area is 222 Å². The van der Waals surface area contributed by atoms with Gasteiger partial charge in [0.15, 0.2) is 23.2 Å². The van der Waals surface area contributed by atoms with Crippen LogP contribution in [0.25, 0.3) is 0 Å². The average Bonchev–Trinajstić information content (AvgIpc) is 3.66. The van der Waals surface area contributed by atoms with Gasteiger partial charge in [-0.25, -0.2) is 0 Å². The molecule has 2 aliphatic heterocycles. The van der Waals surface area contributed by atoms with Gasteiger partial charge >= 0.3 is 0 Å². The second-order valence-corrected chi connectivity index (χ2v) is 9.65. The molecule has 12 nitrogen and oxygen atoms in total. The van der Waals surface area contributed by atoms with E-state index in [1.807, 2.05) is 0 Å². The number of anilines is 2. The molecule has 1 saturated heterocycles. The Morgan fingerprint density at radius 1 is 1.16 bits per heavy atom. The molecule has 13 heteroatoms. The molecule has 5 rings (SSSR count). The Kier molecular flexibility index (Phi) is 7.20. The summed E-state index contributed by atoms with van der Waals surface area (Å²) >= 11 is 0.722. The molecule has 3 amide bonds. The molecule has 0 unspecified atom stereocenters. The molecule has 1 aromatic carbocycles. The van der Waals surface area contributed by atoms with Crippen molar-refractivity contribution in [1.29, 1.82) is 0 Å². The molecule has 0 saturated carbocycles. The van der Waals surface area contributed by atoms with Crippen LogP contribution in [0.3, 0.4) is 0 Å². The number of aryl methyl sites for hydroxylation is 1. The van der Waals surface area contributed by atoms with E-state index in [0.717, 1.165) is 24.4 Å². The third-order valence-corrected chi connectivity index (χ3v) is 7.09. The van der Waals surface area contributed by atoms with Gasteiger partial charge < -0.3 is 35.4 Å². The minimum absolute atomic E-state index is 0.0473. The highest BCUT2D eigenvalue weighted by molar-refractivity contribution is 7.09.